The molecule has 1 heterocycles. The molecule has 3 N–H and O–H groups in total. The van der Waals surface area contributed by atoms with Crippen molar-refractivity contribution in [1.29, 1.82) is 0 Å². The van der Waals surface area contributed by atoms with Crippen molar-refractivity contribution in [3.8, 4) is 11.5 Å². The Morgan fingerprint density at radius 3 is 2.60 bits per heavy atom. The summed E-state index contributed by atoms with van der Waals surface area (Å²) in [5, 5.41) is 3.32. The second-order valence-corrected chi connectivity index (χ2v) is 5.74. The second kappa shape index (κ2) is 5.14. The van der Waals surface area contributed by atoms with Gasteiger partial charge in [-0.3, -0.25) is 4.79 Å². The number of ether oxygens (including phenoxy) is 2. The molecule has 1 aliphatic carbocycles. The summed E-state index contributed by atoms with van der Waals surface area (Å²) in [6, 6.07) is 3.35. The number of nitrogens with one attached hydrogen (secondary N) is 1. The van der Waals surface area contributed by atoms with Gasteiger partial charge in [0.2, 0.25) is 12.7 Å². The molecule has 0 unspecified atom stereocenters. The lowest BCUT2D eigenvalue weighted by molar-refractivity contribution is -0.124. The van der Waals surface area contributed by atoms with Gasteiger partial charge >= 0.3 is 0 Å². The summed E-state index contributed by atoms with van der Waals surface area (Å²) in [5.41, 5.74) is 5.90. The number of rotatable bonds is 3. The Hall–Kier alpha value is -1.46. The van der Waals surface area contributed by atoms with E-state index < -0.39 is 5.41 Å². The lowest BCUT2D eigenvalue weighted by Crippen LogP contribution is -2.40. The van der Waals surface area contributed by atoms with Gasteiger partial charge in [-0.2, -0.15) is 0 Å². The highest BCUT2D eigenvalue weighted by molar-refractivity contribution is 6.34. The van der Waals surface area contributed by atoms with E-state index in [1.165, 1.54) is 0 Å². The van der Waals surface area contributed by atoms with Gasteiger partial charge in [0, 0.05) is 18.7 Å². The molecule has 0 atom stereocenters. The Kier molecular flexibility index (Phi) is 3.48. The van der Waals surface area contributed by atoms with Crippen LogP contribution >= 0.6 is 11.6 Å². The third-order valence-electron chi connectivity index (χ3n) is 4.14. The zero-order valence-corrected chi connectivity index (χ0v) is 11.8. The second-order valence-electron chi connectivity index (χ2n) is 5.33. The fraction of sp³-hybridized carbons (Fsp3) is 0.500. The molecule has 0 bridgehead atoms. The molecule has 1 fully saturated rings. The lowest BCUT2D eigenvalue weighted by Gasteiger charge is -2.26. The average molecular weight is 297 g/mol. The molecular weight excluding hydrogens is 280 g/mol. The van der Waals surface area contributed by atoms with Crippen molar-refractivity contribution in [3.05, 3.63) is 17.2 Å². The van der Waals surface area contributed by atoms with Crippen LogP contribution in [0.4, 0.5) is 5.69 Å². The Bertz CT molecular complexity index is 541. The molecule has 6 heteroatoms. The lowest BCUT2D eigenvalue weighted by atomic mass is 9.85. The fourth-order valence-electron chi connectivity index (χ4n) is 2.84. The third-order valence-corrected chi connectivity index (χ3v) is 4.46. The van der Waals surface area contributed by atoms with Crippen LogP contribution < -0.4 is 20.5 Å². The smallest absolute Gasteiger partial charge is 0.231 e. The van der Waals surface area contributed by atoms with Crippen molar-refractivity contribution >= 4 is 23.2 Å². The number of carbonyl (C=O) groups excluding carboxylic acids is 1. The zero-order chi connectivity index (χ0) is 14.2. The highest BCUT2D eigenvalue weighted by atomic mass is 35.5. The van der Waals surface area contributed by atoms with Gasteiger partial charge in [-0.25, -0.2) is 0 Å². The van der Waals surface area contributed by atoms with Crippen LogP contribution in [0.1, 0.15) is 25.7 Å². The van der Waals surface area contributed by atoms with Gasteiger partial charge in [-0.15, -0.1) is 0 Å². The fourth-order valence-corrected chi connectivity index (χ4v) is 3.04. The molecular formula is C14H17ClN2O3. The number of amides is 1. The normalized spacial score (nSPS) is 19.1. The van der Waals surface area contributed by atoms with E-state index in [1.807, 2.05) is 0 Å². The van der Waals surface area contributed by atoms with E-state index in [0.29, 0.717) is 28.8 Å². The Morgan fingerprint density at radius 1 is 1.30 bits per heavy atom. The van der Waals surface area contributed by atoms with Gasteiger partial charge in [0.1, 0.15) is 0 Å². The third kappa shape index (κ3) is 2.21. The minimum Gasteiger partial charge on any atom is -0.454 e. The highest BCUT2D eigenvalue weighted by Crippen LogP contribution is 2.42. The molecule has 0 spiro atoms. The van der Waals surface area contributed by atoms with E-state index in [-0.39, 0.29) is 12.7 Å². The summed E-state index contributed by atoms with van der Waals surface area (Å²) in [4.78, 5) is 12.5. The highest BCUT2D eigenvalue weighted by Gasteiger charge is 2.40. The summed E-state index contributed by atoms with van der Waals surface area (Å²) in [7, 11) is 0. The van der Waals surface area contributed by atoms with Crippen molar-refractivity contribution in [2.45, 2.75) is 25.7 Å². The average Bonchev–Trinajstić information content (AvgIpc) is 3.07. The number of nitrogens with two attached hydrogens (primary N) is 1. The Labute approximate surface area is 122 Å². The summed E-state index contributed by atoms with van der Waals surface area (Å²) in [6.45, 7) is 0.538. The predicted octanol–water partition coefficient (Wildman–Crippen LogP) is 2.53. The summed E-state index contributed by atoms with van der Waals surface area (Å²) in [6.07, 6.45) is 3.74. The number of benzene rings is 1. The first-order valence-electron chi connectivity index (χ1n) is 6.75. The van der Waals surface area contributed by atoms with E-state index in [2.05, 4.69) is 5.32 Å². The monoisotopic (exact) mass is 296 g/mol. The molecule has 1 amide bonds. The number of fused-ring (bicyclic) bond motifs is 1. The zero-order valence-electron chi connectivity index (χ0n) is 11.1. The molecule has 108 valence electrons. The van der Waals surface area contributed by atoms with Crippen molar-refractivity contribution in [2.75, 3.05) is 18.7 Å². The molecule has 2 aliphatic rings. The van der Waals surface area contributed by atoms with Crippen LogP contribution in [0.15, 0.2) is 12.1 Å². The van der Waals surface area contributed by atoms with Crippen molar-refractivity contribution in [2.24, 2.45) is 11.1 Å². The van der Waals surface area contributed by atoms with Gasteiger partial charge in [0.05, 0.1) is 16.1 Å². The first-order chi connectivity index (χ1) is 9.64. The molecule has 1 aliphatic heterocycles. The Balaban J connectivity index is 1.82. The molecule has 1 saturated carbocycles. The molecule has 1 aromatic rings. The van der Waals surface area contributed by atoms with Gasteiger partial charge < -0.3 is 20.5 Å². The summed E-state index contributed by atoms with van der Waals surface area (Å²) >= 11 is 6.17. The first kappa shape index (κ1) is 13.5. The van der Waals surface area contributed by atoms with E-state index in [1.54, 1.807) is 12.1 Å². The molecule has 3 rings (SSSR count). The molecule has 0 radical (unpaired) electrons. The first-order valence-corrected chi connectivity index (χ1v) is 7.13. The van der Waals surface area contributed by atoms with Crippen LogP contribution in [-0.2, 0) is 4.79 Å². The largest absolute Gasteiger partial charge is 0.454 e. The van der Waals surface area contributed by atoms with E-state index in [4.69, 9.17) is 26.8 Å². The van der Waals surface area contributed by atoms with E-state index >= 15 is 0 Å². The molecule has 5 nitrogen and oxygen atoms in total. The summed E-state index contributed by atoms with van der Waals surface area (Å²) < 4.78 is 10.5. The number of anilines is 1. The predicted molar refractivity (Wildman–Crippen MR) is 76.2 cm³/mol. The van der Waals surface area contributed by atoms with Gasteiger partial charge in [-0.1, -0.05) is 24.4 Å². The number of hydrogen-bond donors (Lipinski definition) is 2. The van der Waals surface area contributed by atoms with Gasteiger partial charge in [0.15, 0.2) is 11.5 Å². The quantitative estimate of drug-likeness (QED) is 0.899. The molecule has 0 aromatic heterocycles. The maximum absolute atomic E-state index is 12.5. The van der Waals surface area contributed by atoms with Crippen LogP contribution in [0.2, 0.25) is 5.02 Å². The molecule has 20 heavy (non-hydrogen) atoms. The number of halogens is 1. The standard InChI is InChI=1S/C14H17ClN2O3/c15-9-5-11-12(20-8-19-11)6-10(9)17-13(18)14(7-16)3-1-2-4-14/h5-6H,1-4,7-8,16H2,(H,17,18). The SMILES string of the molecule is NCC1(C(=O)Nc2cc3c(cc2Cl)OCO3)CCCC1. The van der Waals surface area contributed by atoms with Gasteiger partial charge in [0.25, 0.3) is 0 Å². The minimum absolute atomic E-state index is 0.0572. The number of hydrogen-bond acceptors (Lipinski definition) is 4. The van der Waals surface area contributed by atoms with Crippen molar-refractivity contribution in [3.63, 3.8) is 0 Å². The maximum Gasteiger partial charge on any atom is 0.231 e. The van der Waals surface area contributed by atoms with Gasteiger partial charge in [-0.05, 0) is 12.8 Å². The molecule has 0 saturated heterocycles. The van der Waals surface area contributed by atoms with Crippen LogP contribution in [0.5, 0.6) is 11.5 Å². The minimum atomic E-state index is -0.459. The van der Waals surface area contributed by atoms with E-state index in [0.717, 1.165) is 25.7 Å². The summed E-state index contributed by atoms with van der Waals surface area (Å²) in [5.74, 6) is 1.14. The van der Waals surface area contributed by atoms with Crippen LogP contribution in [0.3, 0.4) is 0 Å². The number of carbonyl (C=O) groups is 1. The molecule has 1 aromatic carbocycles. The van der Waals surface area contributed by atoms with Crippen LogP contribution in [-0.4, -0.2) is 19.2 Å². The van der Waals surface area contributed by atoms with Crippen LogP contribution in [0, 0.1) is 5.41 Å². The van der Waals surface area contributed by atoms with Crippen molar-refractivity contribution < 1.29 is 14.3 Å². The van der Waals surface area contributed by atoms with Crippen molar-refractivity contribution in [1.82, 2.24) is 0 Å². The van der Waals surface area contributed by atoms with Crippen LogP contribution in [0.25, 0.3) is 0 Å². The Morgan fingerprint density at radius 2 is 1.95 bits per heavy atom. The van der Waals surface area contributed by atoms with E-state index in [9.17, 15) is 4.79 Å². The maximum atomic E-state index is 12.5. The topological polar surface area (TPSA) is 73.6 Å².